The predicted molar refractivity (Wildman–Crippen MR) is 97.9 cm³/mol. The molecule has 1 N–H and O–H groups in total. The molecule has 0 aromatic heterocycles. The van der Waals surface area contributed by atoms with E-state index in [0.717, 1.165) is 28.8 Å². The van der Waals surface area contributed by atoms with Crippen molar-refractivity contribution in [3.05, 3.63) is 34.1 Å². The molecule has 1 fully saturated rings. The molecule has 1 aromatic rings. The minimum Gasteiger partial charge on any atom is -0.309 e. The van der Waals surface area contributed by atoms with Gasteiger partial charge in [-0.1, -0.05) is 36.7 Å². The van der Waals surface area contributed by atoms with Gasteiger partial charge < -0.3 is 5.32 Å². The molecular formula is C16H23BrFNS2. The summed E-state index contributed by atoms with van der Waals surface area (Å²) in [6.45, 7) is 7.63. The Morgan fingerprint density at radius 2 is 2.14 bits per heavy atom. The summed E-state index contributed by atoms with van der Waals surface area (Å²) in [5, 5.41) is 5.26. The predicted octanol–water partition coefficient (Wildman–Crippen LogP) is 5.25. The normalized spacial score (nSPS) is 27.6. The van der Waals surface area contributed by atoms with E-state index in [1.807, 2.05) is 29.6 Å². The first-order valence-electron chi connectivity index (χ1n) is 7.48. The first-order valence-corrected chi connectivity index (χ1v) is 10.3. The Morgan fingerprint density at radius 3 is 2.81 bits per heavy atom. The molecule has 118 valence electrons. The summed E-state index contributed by atoms with van der Waals surface area (Å²) in [5.74, 6) is 0.965. The fraction of sp³-hybridized carbons (Fsp3) is 0.625. The molecule has 21 heavy (non-hydrogen) atoms. The lowest BCUT2D eigenvalue weighted by molar-refractivity contribution is 0.496. The van der Waals surface area contributed by atoms with Crippen molar-refractivity contribution >= 4 is 39.5 Å². The van der Waals surface area contributed by atoms with Crippen LogP contribution in [0.4, 0.5) is 4.39 Å². The van der Waals surface area contributed by atoms with Crippen LogP contribution in [0.2, 0.25) is 0 Å². The van der Waals surface area contributed by atoms with Crippen LogP contribution in [0.1, 0.15) is 38.8 Å². The average Bonchev–Trinajstić information content (AvgIpc) is 2.46. The van der Waals surface area contributed by atoms with Gasteiger partial charge in [0, 0.05) is 37.6 Å². The first-order chi connectivity index (χ1) is 10.0. The Hall–Kier alpha value is 0.290. The lowest BCUT2D eigenvalue weighted by atomic mass is 10.0. The van der Waals surface area contributed by atoms with Gasteiger partial charge in [-0.15, -0.1) is 0 Å². The summed E-state index contributed by atoms with van der Waals surface area (Å²) in [6.07, 6.45) is 1.06. The number of halogens is 2. The zero-order valence-corrected chi connectivity index (χ0v) is 16.0. The summed E-state index contributed by atoms with van der Waals surface area (Å²) in [7, 11) is 0. The Kier molecular flexibility index (Phi) is 6.91. The van der Waals surface area contributed by atoms with Gasteiger partial charge in [0.05, 0.1) is 0 Å². The van der Waals surface area contributed by atoms with E-state index in [-0.39, 0.29) is 11.9 Å². The van der Waals surface area contributed by atoms with Crippen LogP contribution in [0.15, 0.2) is 22.7 Å². The second kappa shape index (κ2) is 8.23. The molecule has 1 aliphatic rings. The maximum Gasteiger partial charge on any atom is 0.128 e. The fourth-order valence-corrected chi connectivity index (χ4v) is 5.96. The SMILES string of the molecule is CCCNC(c1cc(Br)ccc1F)C1CSC(C)C(C)S1. The molecule has 4 atom stereocenters. The molecular weight excluding hydrogens is 369 g/mol. The van der Waals surface area contributed by atoms with E-state index in [4.69, 9.17) is 0 Å². The second-order valence-electron chi connectivity index (χ2n) is 5.52. The Balaban J connectivity index is 2.23. The summed E-state index contributed by atoms with van der Waals surface area (Å²) in [5.41, 5.74) is 0.790. The van der Waals surface area contributed by atoms with Gasteiger partial charge in [-0.05, 0) is 31.2 Å². The van der Waals surface area contributed by atoms with E-state index >= 15 is 0 Å². The molecule has 0 spiro atoms. The van der Waals surface area contributed by atoms with Crippen LogP contribution in [0.5, 0.6) is 0 Å². The highest BCUT2D eigenvalue weighted by Gasteiger charge is 2.33. The molecule has 1 heterocycles. The van der Waals surface area contributed by atoms with E-state index in [1.165, 1.54) is 0 Å². The topological polar surface area (TPSA) is 12.0 Å². The lowest BCUT2D eigenvalue weighted by Crippen LogP contribution is -2.38. The molecule has 5 heteroatoms. The molecule has 0 aliphatic carbocycles. The van der Waals surface area contributed by atoms with Crippen molar-refractivity contribution < 1.29 is 4.39 Å². The van der Waals surface area contributed by atoms with Gasteiger partial charge in [0.2, 0.25) is 0 Å². The molecule has 1 nitrogen and oxygen atoms in total. The third kappa shape index (κ3) is 4.63. The largest absolute Gasteiger partial charge is 0.309 e. The minimum absolute atomic E-state index is 0.0786. The van der Waals surface area contributed by atoms with E-state index in [0.29, 0.717) is 15.7 Å². The molecule has 4 unspecified atom stereocenters. The smallest absolute Gasteiger partial charge is 0.128 e. The van der Waals surface area contributed by atoms with Crippen LogP contribution in [0.25, 0.3) is 0 Å². The third-order valence-corrected chi connectivity index (χ3v) is 7.84. The summed E-state index contributed by atoms with van der Waals surface area (Å²) >= 11 is 7.47. The zero-order valence-electron chi connectivity index (χ0n) is 12.7. The summed E-state index contributed by atoms with van der Waals surface area (Å²) in [6, 6.07) is 5.34. The van der Waals surface area contributed by atoms with Gasteiger partial charge in [0.15, 0.2) is 0 Å². The van der Waals surface area contributed by atoms with Crippen molar-refractivity contribution in [3.8, 4) is 0 Å². The quantitative estimate of drug-likeness (QED) is 0.735. The van der Waals surface area contributed by atoms with Crippen molar-refractivity contribution in [2.45, 2.75) is 49.0 Å². The minimum atomic E-state index is -0.108. The number of thioether (sulfide) groups is 2. The lowest BCUT2D eigenvalue weighted by Gasteiger charge is -2.36. The third-order valence-electron chi connectivity index (χ3n) is 3.85. The molecule has 0 radical (unpaired) electrons. The molecule has 1 saturated heterocycles. The molecule has 2 rings (SSSR count). The molecule has 0 saturated carbocycles. The molecule has 1 aromatic carbocycles. The van der Waals surface area contributed by atoms with E-state index in [1.54, 1.807) is 12.1 Å². The highest BCUT2D eigenvalue weighted by atomic mass is 79.9. The van der Waals surface area contributed by atoms with Gasteiger partial charge in [0.25, 0.3) is 0 Å². The van der Waals surface area contributed by atoms with E-state index < -0.39 is 0 Å². The number of nitrogens with one attached hydrogen (secondary N) is 1. The van der Waals surface area contributed by atoms with Crippen LogP contribution in [-0.2, 0) is 0 Å². The van der Waals surface area contributed by atoms with E-state index in [2.05, 4.69) is 42.0 Å². The highest BCUT2D eigenvalue weighted by Crippen LogP contribution is 2.41. The van der Waals surface area contributed by atoms with E-state index in [9.17, 15) is 4.39 Å². The monoisotopic (exact) mass is 391 g/mol. The zero-order chi connectivity index (χ0) is 15.4. The Labute approximate surface area is 144 Å². The van der Waals surface area contributed by atoms with Gasteiger partial charge >= 0.3 is 0 Å². The van der Waals surface area contributed by atoms with Crippen LogP contribution in [-0.4, -0.2) is 28.0 Å². The van der Waals surface area contributed by atoms with Crippen molar-refractivity contribution in [2.75, 3.05) is 12.3 Å². The molecule has 1 aliphatic heterocycles. The number of hydrogen-bond acceptors (Lipinski definition) is 3. The van der Waals surface area contributed by atoms with Crippen LogP contribution >= 0.6 is 39.5 Å². The Bertz CT molecular complexity index is 472. The van der Waals surface area contributed by atoms with Crippen LogP contribution in [0, 0.1) is 5.82 Å². The Morgan fingerprint density at radius 1 is 1.38 bits per heavy atom. The maximum atomic E-state index is 14.3. The number of rotatable bonds is 5. The average molecular weight is 392 g/mol. The van der Waals surface area contributed by atoms with Crippen molar-refractivity contribution in [1.82, 2.24) is 5.32 Å². The van der Waals surface area contributed by atoms with Gasteiger partial charge in [-0.25, -0.2) is 4.39 Å². The summed E-state index contributed by atoms with van der Waals surface area (Å²) in [4.78, 5) is 0. The number of benzene rings is 1. The summed E-state index contributed by atoms with van der Waals surface area (Å²) < 4.78 is 15.2. The second-order valence-corrected chi connectivity index (χ2v) is 9.46. The first kappa shape index (κ1) is 17.6. The maximum absolute atomic E-state index is 14.3. The van der Waals surface area contributed by atoms with Crippen LogP contribution in [0.3, 0.4) is 0 Å². The number of hydrogen-bond donors (Lipinski definition) is 1. The van der Waals surface area contributed by atoms with Gasteiger partial charge in [-0.2, -0.15) is 23.5 Å². The van der Waals surface area contributed by atoms with Crippen molar-refractivity contribution in [3.63, 3.8) is 0 Å². The molecule has 0 bridgehead atoms. The molecule has 0 amide bonds. The van der Waals surface area contributed by atoms with Crippen molar-refractivity contribution in [2.24, 2.45) is 0 Å². The fourth-order valence-electron chi connectivity index (χ4n) is 2.48. The standard InChI is InChI=1S/C16H23BrFNS2/c1-4-7-19-16(13-8-12(17)5-6-14(13)18)15-9-20-10(2)11(3)21-15/h5-6,8,10-11,15-16,19H,4,7,9H2,1-3H3. The van der Waals surface area contributed by atoms with Crippen LogP contribution < -0.4 is 5.32 Å². The highest BCUT2D eigenvalue weighted by molar-refractivity contribution is 9.10. The van der Waals surface area contributed by atoms with Gasteiger partial charge in [-0.3, -0.25) is 0 Å². The van der Waals surface area contributed by atoms with Gasteiger partial charge in [0.1, 0.15) is 5.82 Å². The van der Waals surface area contributed by atoms with Crippen molar-refractivity contribution in [1.29, 1.82) is 0 Å².